The van der Waals surface area contributed by atoms with Gasteiger partial charge in [0.05, 0.1) is 19.1 Å². The molecular formula is C16H13N3O5S. The lowest BCUT2D eigenvalue weighted by Gasteiger charge is -2.10. The fraction of sp³-hybridized carbons (Fsp3) is 0.125. The quantitative estimate of drug-likeness (QED) is 0.366. The first-order chi connectivity index (χ1) is 12.0. The molecule has 0 aliphatic heterocycles. The summed E-state index contributed by atoms with van der Waals surface area (Å²) in [7, 11) is 2.96. The highest BCUT2D eigenvalue weighted by atomic mass is 32.1. The van der Waals surface area contributed by atoms with Crippen LogP contribution in [0, 0.1) is 21.4 Å². The lowest BCUT2D eigenvalue weighted by molar-refractivity contribution is -0.380. The van der Waals surface area contributed by atoms with Gasteiger partial charge in [0.2, 0.25) is 0 Å². The van der Waals surface area contributed by atoms with Crippen molar-refractivity contribution in [2.75, 3.05) is 19.5 Å². The molecule has 0 aliphatic carbocycles. The highest BCUT2D eigenvalue weighted by Gasteiger charge is 2.14. The summed E-state index contributed by atoms with van der Waals surface area (Å²) in [6.07, 6.45) is 1.29. The van der Waals surface area contributed by atoms with Gasteiger partial charge in [0.15, 0.2) is 11.5 Å². The topological polar surface area (TPSA) is 114 Å². The summed E-state index contributed by atoms with van der Waals surface area (Å²) < 4.78 is 10.3. The molecule has 0 fully saturated rings. The number of hydrogen-bond donors (Lipinski definition) is 1. The van der Waals surface area contributed by atoms with Crippen LogP contribution in [-0.4, -0.2) is 25.1 Å². The molecule has 1 N–H and O–H groups in total. The monoisotopic (exact) mass is 359 g/mol. The fourth-order valence-electron chi connectivity index (χ4n) is 1.94. The molecule has 1 amide bonds. The minimum Gasteiger partial charge on any atom is -0.493 e. The molecule has 0 spiro atoms. The van der Waals surface area contributed by atoms with Crippen molar-refractivity contribution in [2.45, 2.75) is 0 Å². The van der Waals surface area contributed by atoms with Crippen molar-refractivity contribution in [1.82, 2.24) is 0 Å². The fourth-order valence-corrected chi connectivity index (χ4v) is 2.62. The van der Waals surface area contributed by atoms with E-state index in [0.29, 0.717) is 22.7 Å². The van der Waals surface area contributed by atoms with Gasteiger partial charge in [-0.05, 0) is 23.8 Å². The zero-order chi connectivity index (χ0) is 18.4. The van der Waals surface area contributed by atoms with Gasteiger partial charge >= 0.3 is 5.00 Å². The van der Waals surface area contributed by atoms with Crippen LogP contribution in [-0.2, 0) is 4.79 Å². The molecule has 2 aromatic rings. The Morgan fingerprint density at radius 3 is 2.60 bits per heavy atom. The number of carbonyl (C=O) groups excluding carboxylic acids is 1. The summed E-state index contributed by atoms with van der Waals surface area (Å²) in [5.41, 5.74) is 0.651. The lowest BCUT2D eigenvalue weighted by atomic mass is 10.2. The first-order valence-electron chi connectivity index (χ1n) is 6.86. The Bertz CT molecular complexity index is 882. The number of nitriles is 1. The minimum atomic E-state index is -0.636. The second kappa shape index (κ2) is 7.94. The maximum atomic E-state index is 12.2. The second-order valence-electron chi connectivity index (χ2n) is 4.67. The Balaban J connectivity index is 2.21. The van der Waals surface area contributed by atoms with Crippen LogP contribution in [0.2, 0.25) is 0 Å². The Kier molecular flexibility index (Phi) is 5.71. The molecule has 0 unspecified atom stereocenters. The van der Waals surface area contributed by atoms with Gasteiger partial charge in [0.25, 0.3) is 5.91 Å². The van der Waals surface area contributed by atoms with Crippen molar-refractivity contribution in [3.63, 3.8) is 0 Å². The van der Waals surface area contributed by atoms with Gasteiger partial charge in [-0.25, -0.2) is 0 Å². The SMILES string of the molecule is COc1ccc(NC(=O)/C(C#N)=C/c2csc([N+](=O)[O-])c2)cc1OC. The number of amides is 1. The zero-order valence-corrected chi connectivity index (χ0v) is 14.1. The van der Waals surface area contributed by atoms with Gasteiger partial charge < -0.3 is 14.8 Å². The van der Waals surface area contributed by atoms with Gasteiger partial charge in [0, 0.05) is 23.2 Å². The molecule has 0 bridgehead atoms. The number of methoxy groups -OCH3 is 2. The third kappa shape index (κ3) is 4.33. The predicted octanol–water partition coefficient (Wildman–Crippen LogP) is 3.22. The van der Waals surface area contributed by atoms with Crippen molar-refractivity contribution in [3.8, 4) is 17.6 Å². The third-order valence-corrected chi connectivity index (χ3v) is 4.00. The number of nitro groups is 1. The number of hydrogen-bond acceptors (Lipinski definition) is 7. The molecular weight excluding hydrogens is 346 g/mol. The van der Waals surface area contributed by atoms with Gasteiger partial charge in [-0.3, -0.25) is 14.9 Å². The number of nitrogens with zero attached hydrogens (tertiary/aromatic N) is 2. The number of ether oxygens (including phenoxy) is 2. The predicted molar refractivity (Wildman–Crippen MR) is 92.7 cm³/mol. The highest BCUT2D eigenvalue weighted by Crippen LogP contribution is 2.30. The Morgan fingerprint density at radius 2 is 2.04 bits per heavy atom. The number of thiophene rings is 1. The van der Waals surface area contributed by atoms with Crippen molar-refractivity contribution in [1.29, 1.82) is 5.26 Å². The Morgan fingerprint density at radius 1 is 1.32 bits per heavy atom. The standard InChI is InChI=1S/C16H13N3O5S/c1-23-13-4-3-12(7-14(13)24-2)18-16(20)11(8-17)5-10-6-15(19(21)22)25-9-10/h3-7,9H,1-2H3,(H,18,20)/b11-5+. The van der Waals surface area contributed by atoms with Crippen LogP contribution < -0.4 is 14.8 Å². The van der Waals surface area contributed by atoms with Crippen molar-refractivity contribution >= 4 is 34.0 Å². The molecule has 25 heavy (non-hydrogen) atoms. The summed E-state index contributed by atoms with van der Waals surface area (Å²) in [5, 5.41) is 23.9. The molecule has 0 atom stereocenters. The molecule has 0 saturated carbocycles. The third-order valence-electron chi connectivity index (χ3n) is 3.10. The maximum absolute atomic E-state index is 12.2. The van der Waals surface area contributed by atoms with E-state index in [2.05, 4.69) is 5.32 Å². The molecule has 1 aromatic heterocycles. The van der Waals surface area contributed by atoms with Crippen molar-refractivity contribution < 1.29 is 19.2 Å². The summed E-state index contributed by atoms with van der Waals surface area (Å²) in [4.78, 5) is 22.4. The molecule has 9 heteroatoms. The van der Waals surface area contributed by atoms with Gasteiger partial charge in [-0.2, -0.15) is 5.26 Å². The van der Waals surface area contributed by atoms with E-state index in [1.807, 2.05) is 0 Å². The first kappa shape index (κ1) is 18.0. The molecule has 1 heterocycles. The smallest absolute Gasteiger partial charge is 0.324 e. The number of carbonyl (C=O) groups is 1. The lowest BCUT2D eigenvalue weighted by Crippen LogP contribution is -2.13. The van der Waals surface area contributed by atoms with Crippen molar-refractivity contribution in [3.05, 3.63) is 50.9 Å². The number of rotatable bonds is 6. The van der Waals surface area contributed by atoms with E-state index in [1.54, 1.807) is 24.3 Å². The largest absolute Gasteiger partial charge is 0.493 e. The van der Waals surface area contributed by atoms with E-state index in [0.717, 1.165) is 11.3 Å². The molecule has 0 saturated heterocycles. The number of anilines is 1. The van der Waals surface area contributed by atoms with Crippen LogP contribution in [0.5, 0.6) is 11.5 Å². The Hall–Kier alpha value is -3.38. The minimum absolute atomic E-state index is 0.0659. The first-order valence-corrected chi connectivity index (χ1v) is 7.74. The Labute approximate surface area is 147 Å². The number of benzene rings is 1. The second-order valence-corrected chi connectivity index (χ2v) is 5.56. The van der Waals surface area contributed by atoms with Crippen molar-refractivity contribution in [2.24, 2.45) is 0 Å². The van der Waals surface area contributed by atoms with E-state index in [1.165, 1.54) is 31.7 Å². The highest BCUT2D eigenvalue weighted by molar-refractivity contribution is 7.13. The van der Waals surface area contributed by atoms with Gasteiger partial charge in [0.1, 0.15) is 11.6 Å². The summed E-state index contributed by atoms with van der Waals surface area (Å²) >= 11 is 0.920. The normalized spacial score (nSPS) is 10.7. The summed E-state index contributed by atoms with van der Waals surface area (Å²) in [5.74, 6) is 0.293. The molecule has 1 aromatic carbocycles. The van der Waals surface area contributed by atoms with Gasteiger partial charge in [-0.15, -0.1) is 0 Å². The van der Waals surface area contributed by atoms with Crippen LogP contribution in [0.15, 0.2) is 35.2 Å². The molecule has 0 radical (unpaired) electrons. The van der Waals surface area contributed by atoms with Crippen LogP contribution >= 0.6 is 11.3 Å². The molecule has 8 nitrogen and oxygen atoms in total. The average Bonchev–Trinajstić information content (AvgIpc) is 3.08. The van der Waals surface area contributed by atoms with Crippen LogP contribution in [0.3, 0.4) is 0 Å². The van der Waals surface area contributed by atoms with Crippen LogP contribution in [0.4, 0.5) is 10.7 Å². The van der Waals surface area contributed by atoms with E-state index < -0.39 is 10.8 Å². The maximum Gasteiger partial charge on any atom is 0.324 e. The zero-order valence-electron chi connectivity index (χ0n) is 13.3. The van der Waals surface area contributed by atoms with Crippen LogP contribution in [0.25, 0.3) is 6.08 Å². The van der Waals surface area contributed by atoms with E-state index in [-0.39, 0.29) is 10.6 Å². The van der Waals surface area contributed by atoms with Gasteiger partial charge in [-0.1, -0.05) is 11.3 Å². The van der Waals surface area contributed by atoms with E-state index in [9.17, 15) is 20.2 Å². The molecule has 2 rings (SSSR count). The average molecular weight is 359 g/mol. The van der Waals surface area contributed by atoms with Crippen LogP contribution in [0.1, 0.15) is 5.56 Å². The summed E-state index contributed by atoms with van der Waals surface area (Å²) in [6.45, 7) is 0. The number of nitrogens with one attached hydrogen (secondary N) is 1. The summed E-state index contributed by atoms with van der Waals surface area (Å²) in [6, 6.07) is 7.86. The van der Waals surface area contributed by atoms with E-state index >= 15 is 0 Å². The molecule has 128 valence electrons. The molecule has 0 aliphatic rings. The van der Waals surface area contributed by atoms with E-state index in [4.69, 9.17) is 9.47 Å².